The minimum Gasteiger partial charge on any atom is -0.353 e. The predicted molar refractivity (Wildman–Crippen MR) is 106 cm³/mol. The second-order valence-corrected chi connectivity index (χ2v) is 11.0. The molecule has 5 atom stereocenters. The lowest BCUT2D eigenvalue weighted by molar-refractivity contribution is -0.127. The predicted octanol–water partition coefficient (Wildman–Crippen LogP) is 2.07. The van der Waals surface area contributed by atoms with E-state index in [9.17, 15) is 13.2 Å². The van der Waals surface area contributed by atoms with Crippen molar-refractivity contribution < 1.29 is 13.2 Å². The van der Waals surface area contributed by atoms with E-state index in [4.69, 9.17) is 0 Å². The van der Waals surface area contributed by atoms with Crippen LogP contribution in [0, 0.1) is 30.6 Å². The molecule has 2 saturated carbocycles. The van der Waals surface area contributed by atoms with Crippen molar-refractivity contribution in [1.29, 1.82) is 0 Å². The van der Waals surface area contributed by atoms with Crippen LogP contribution in [0.25, 0.3) is 0 Å². The quantitative estimate of drug-likeness (QED) is 0.808. The minimum atomic E-state index is -3.62. The summed E-state index contributed by atoms with van der Waals surface area (Å²) >= 11 is 0. The lowest BCUT2D eigenvalue weighted by Crippen LogP contribution is -2.48. The Morgan fingerprint density at radius 2 is 2.07 bits per heavy atom. The number of piperidine rings is 1. The molecule has 1 aromatic rings. The van der Waals surface area contributed by atoms with Crippen molar-refractivity contribution in [3.8, 4) is 0 Å². The molecule has 1 aliphatic heterocycles. The lowest BCUT2D eigenvalue weighted by Gasteiger charge is -2.33. The molecule has 0 aromatic carbocycles. The summed E-state index contributed by atoms with van der Waals surface area (Å²) in [5.74, 6) is 1.94. The summed E-state index contributed by atoms with van der Waals surface area (Å²) in [6.45, 7) is 4.60. The van der Waals surface area contributed by atoms with Crippen LogP contribution in [0.5, 0.6) is 0 Å². The van der Waals surface area contributed by atoms with E-state index in [2.05, 4.69) is 17.3 Å². The molecular formula is C20H32N4O3S. The second kappa shape index (κ2) is 7.44. The third-order valence-corrected chi connectivity index (χ3v) is 9.34. The standard InChI is InChI=1S/C20H32N4O3S/c1-13(18-10-15-6-7-16(18)9-15)22-20(25)17-5-4-8-24(12-17)28(26,27)19-11-21-23(3)14(19)2/h11,13,15-18H,4-10,12H2,1-3H3,(H,22,25)/t13-,15+,16+,17-,18-/m0/s1. The SMILES string of the molecule is Cc1c(S(=O)(=O)N2CCC[C@H](C(=O)N[C@@H](C)[C@@H]3C[C@@H]4CC[C@@H]3C4)C2)cnn1C. The molecule has 8 heteroatoms. The summed E-state index contributed by atoms with van der Waals surface area (Å²) in [6.07, 6.45) is 8.07. The van der Waals surface area contributed by atoms with Crippen LogP contribution in [0.3, 0.4) is 0 Å². The second-order valence-electron chi connectivity index (χ2n) is 9.06. The van der Waals surface area contributed by atoms with Crippen LogP contribution in [-0.4, -0.2) is 47.5 Å². The van der Waals surface area contributed by atoms with Gasteiger partial charge in [0, 0.05) is 26.2 Å². The molecule has 1 amide bonds. The fraction of sp³-hybridized carbons (Fsp3) is 0.800. The Bertz CT molecular complexity index is 850. The van der Waals surface area contributed by atoms with E-state index in [1.165, 1.54) is 36.2 Å². The molecule has 7 nitrogen and oxygen atoms in total. The molecule has 4 rings (SSSR count). The van der Waals surface area contributed by atoms with Crippen molar-refractivity contribution in [3.63, 3.8) is 0 Å². The molecular weight excluding hydrogens is 376 g/mol. The van der Waals surface area contributed by atoms with E-state index in [1.807, 2.05) is 0 Å². The fourth-order valence-corrected chi connectivity index (χ4v) is 7.31. The number of aryl methyl sites for hydroxylation is 1. The number of hydrogen-bond acceptors (Lipinski definition) is 4. The smallest absolute Gasteiger partial charge is 0.246 e. The summed E-state index contributed by atoms with van der Waals surface area (Å²) in [4.78, 5) is 13.1. The zero-order chi connectivity index (χ0) is 20.1. The van der Waals surface area contributed by atoms with Gasteiger partial charge in [0.25, 0.3) is 0 Å². The number of nitrogens with one attached hydrogen (secondary N) is 1. The van der Waals surface area contributed by atoms with Gasteiger partial charge in [0.15, 0.2) is 0 Å². The van der Waals surface area contributed by atoms with E-state index in [0.29, 0.717) is 24.6 Å². The molecule has 3 aliphatic rings. The first-order valence-corrected chi connectivity index (χ1v) is 12.0. The molecule has 3 fully saturated rings. The van der Waals surface area contributed by atoms with Gasteiger partial charge in [-0.3, -0.25) is 9.48 Å². The van der Waals surface area contributed by atoms with Crippen molar-refractivity contribution >= 4 is 15.9 Å². The van der Waals surface area contributed by atoms with Gasteiger partial charge >= 0.3 is 0 Å². The summed E-state index contributed by atoms with van der Waals surface area (Å²) < 4.78 is 29.1. The van der Waals surface area contributed by atoms with Gasteiger partial charge in [-0.15, -0.1) is 0 Å². The third kappa shape index (κ3) is 3.49. The zero-order valence-electron chi connectivity index (χ0n) is 17.1. The number of amides is 1. The molecule has 2 heterocycles. The maximum atomic E-state index is 13.0. The zero-order valence-corrected chi connectivity index (χ0v) is 17.9. The molecule has 156 valence electrons. The number of fused-ring (bicyclic) bond motifs is 2. The van der Waals surface area contributed by atoms with Crippen LogP contribution in [0.1, 0.15) is 51.1 Å². The van der Waals surface area contributed by atoms with E-state index in [-0.39, 0.29) is 29.3 Å². The highest BCUT2D eigenvalue weighted by molar-refractivity contribution is 7.89. The van der Waals surface area contributed by atoms with Crippen molar-refractivity contribution in [3.05, 3.63) is 11.9 Å². The van der Waals surface area contributed by atoms with E-state index < -0.39 is 10.0 Å². The number of nitrogens with zero attached hydrogens (tertiary/aromatic N) is 3. The fourth-order valence-electron chi connectivity index (χ4n) is 5.60. The number of carbonyl (C=O) groups excluding carboxylic acids is 1. The first-order chi connectivity index (χ1) is 13.3. The minimum absolute atomic E-state index is 0.0121. The van der Waals surface area contributed by atoms with Crippen molar-refractivity contribution in [2.45, 2.75) is 63.3 Å². The van der Waals surface area contributed by atoms with Crippen LogP contribution < -0.4 is 5.32 Å². The van der Waals surface area contributed by atoms with Gasteiger partial charge < -0.3 is 5.32 Å². The highest BCUT2D eigenvalue weighted by Gasteiger charge is 2.43. The van der Waals surface area contributed by atoms with Crippen molar-refractivity contribution in [1.82, 2.24) is 19.4 Å². The summed E-state index contributed by atoms with van der Waals surface area (Å²) in [5.41, 5.74) is 0.622. The molecule has 0 radical (unpaired) electrons. The third-order valence-electron chi connectivity index (χ3n) is 7.37. The van der Waals surface area contributed by atoms with Crippen LogP contribution in [0.15, 0.2) is 11.1 Å². The van der Waals surface area contributed by atoms with Crippen LogP contribution in [0.2, 0.25) is 0 Å². The van der Waals surface area contributed by atoms with Gasteiger partial charge in [0.05, 0.1) is 17.8 Å². The maximum Gasteiger partial charge on any atom is 0.246 e. The Morgan fingerprint density at radius 1 is 1.29 bits per heavy atom. The van der Waals surface area contributed by atoms with Crippen molar-refractivity contribution in [2.75, 3.05) is 13.1 Å². The Morgan fingerprint density at radius 3 is 2.68 bits per heavy atom. The average Bonchev–Trinajstić information content (AvgIpc) is 3.39. The Hall–Kier alpha value is -1.41. The number of rotatable bonds is 5. The normalized spacial score (nSPS) is 31.8. The van der Waals surface area contributed by atoms with Crippen LogP contribution in [0.4, 0.5) is 0 Å². The molecule has 2 aliphatic carbocycles. The van der Waals surface area contributed by atoms with E-state index >= 15 is 0 Å². The summed E-state index contributed by atoms with van der Waals surface area (Å²) in [6, 6.07) is 0.176. The van der Waals surface area contributed by atoms with Crippen LogP contribution >= 0.6 is 0 Å². The molecule has 0 unspecified atom stereocenters. The van der Waals surface area contributed by atoms with Crippen LogP contribution in [-0.2, 0) is 21.9 Å². The highest BCUT2D eigenvalue weighted by atomic mass is 32.2. The molecule has 1 N–H and O–H groups in total. The largest absolute Gasteiger partial charge is 0.353 e. The Balaban J connectivity index is 1.40. The van der Waals surface area contributed by atoms with Gasteiger partial charge in [0.1, 0.15) is 4.90 Å². The topological polar surface area (TPSA) is 84.3 Å². The number of carbonyl (C=O) groups is 1. The molecule has 2 bridgehead atoms. The van der Waals surface area contributed by atoms with E-state index in [1.54, 1.807) is 18.7 Å². The number of aromatic nitrogens is 2. The van der Waals surface area contributed by atoms with Crippen molar-refractivity contribution in [2.24, 2.45) is 30.7 Å². The van der Waals surface area contributed by atoms with E-state index in [0.717, 1.165) is 18.3 Å². The molecule has 1 aromatic heterocycles. The van der Waals surface area contributed by atoms with Gasteiger partial charge in [-0.05, 0) is 63.7 Å². The van der Waals surface area contributed by atoms with Gasteiger partial charge in [-0.25, -0.2) is 8.42 Å². The number of hydrogen-bond donors (Lipinski definition) is 1. The average molecular weight is 409 g/mol. The monoisotopic (exact) mass is 408 g/mol. The first kappa shape index (κ1) is 19.9. The Labute approximate surface area is 167 Å². The summed E-state index contributed by atoms with van der Waals surface area (Å²) in [7, 11) is -1.89. The molecule has 28 heavy (non-hydrogen) atoms. The van der Waals surface area contributed by atoms with Gasteiger partial charge in [-0.2, -0.15) is 9.40 Å². The van der Waals surface area contributed by atoms with Gasteiger partial charge in [-0.1, -0.05) is 6.42 Å². The highest BCUT2D eigenvalue weighted by Crippen LogP contribution is 2.49. The Kier molecular flexibility index (Phi) is 5.29. The first-order valence-electron chi connectivity index (χ1n) is 10.6. The maximum absolute atomic E-state index is 13.0. The molecule has 0 spiro atoms. The summed E-state index contributed by atoms with van der Waals surface area (Å²) in [5, 5.41) is 7.29. The lowest BCUT2D eigenvalue weighted by atomic mass is 9.83. The molecule has 1 saturated heterocycles. The number of sulfonamides is 1. The van der Waals surface area contributed by atoms with Gasteiger partial charge in [0.2, 0.25) is 15.9 Å².